The molecule has 1 fully saturated rings. The Hall–Kier alpha value is -2.81. The van der Waals surface area contributed by atoms with Crippen LogP contribution in [0.4, 0.5) is 4.79 Å². The van der Waals surface area contributed by atoms with Crippen molar-refractivity contribution in [3.05, 3.63) is 80.1 Å². The van der Waals surface area contributed by atoms with Gasteiger partial charge in [0.2, 0.25) is 0 Å². The Morgan fingerprint density at radius 1 is 1.17 bits per heavy atom. The minimum atomic E-state index is -1.01. The number of esters is 1. The van der Waals surface area contributed by atoms with Crippen molar-refractivity contribution in [3.8, 4) is 5.75 Å². The van der Waals surface area contributed by atoms with Crippen molar-refractivity contribution in [2.45, 2.75) is 26.5 Å². The number of carbonyl (C=O) groups excluding carboxylic acids is 3. The van der Waals surface area contributed by atoms with E-state index in [2.05, 4.69) is 15.9 Å². The van der Waals surface area contributed by atoms with E-state index in [0.717, 1.165) is 33.0 Å². The summed E-state index contributed by atoms with van der Waals surface area (Å²) in [5.41, 5.74) is 1.63. The molecule has 0 spiro atoms. The number of amides is 2. The molecule has 6 nitrogen and oxygen atoms in total. The van der Waals surface area contributed by atoms with Crippen LogP contribution in [0.15, 0.2) is 64.0 Å². The molecule has 0 radical (unpaired) electrons. The number of halogens is 2. The van der Waals surface area contributed by atoms with Crippen LogP contribution in [0.3, 0.4) is 0 Å². The molecule has 0 aliphatic carbocycles. The number of carbonyl (C=O) groups is 3. The standard InChI is InChI=1S/C26H21BrClNO5S/c1-3-33-25(31)15(2)29-24(30)22(35-26(29)32)13-16-11-20(27)23(21(28)12-16)34-14-18-9-6-8-17-7-4-5-10-19(17)18/h4-13,15H,3,14H2,1-2H3/b22-13+/t15-/m0/s1. The summed E-state index contributed by atoms with van der Waals surface area (Å²) in [5.74, 6) is -0.709. The van der Waals surface area contributed by atoms with Crippen molar-refractivity contribution in [1.29, 1.82) is 0 Å². The van der Waals surface area contributed by atoms with Gasteiger partial charge < -0.3 is 9.47 Å². The fourth-order valence-corrected chi connectivity index (χ4v) is 5.60. The van der Waals surface area contributed by atoms with E-state index in [9.17, 15) is 14.4 Å². The van der Waals surface area contributed by atoms with Crippen LogP contribution < -0.4 is 4.74 Å². The second-order valence-electron chi connectivity index (χ2n) is 7.72. The number of benzene rings is 3. The lowest BCUT2D eigenvalue weighted by molar-refractivity contribution is -0.150. The molecule has 0 unspecified atom stereocenters. The molecule has 2 amide bonds. The fourth-order valence-electron chi connectivity index (χ4n) is 3.70. The van der Waals surface area contributed by atoms with E-state index in [-0.39, 0.29) is 11.5 Å². The van der Waals surface area contributed by atoms with Crippen molar-refractivity contribution in [2.24, 2.45) is 0 Å². The molecule has 1 saturated heterocycles. The first-order valence-electron chi connectivity index (χ1n) is 10.8. The SMILES string of the molecule is CCOC(=O)[C@H](C)N1C(=O)S/C(=C/c2cc(Cl)c(OCc3cccc4ccccc34)c(Br)c2)C1=O. The van der Waals surface area contributed by atoms with Crippen LogP contribution in [0.5, 0.6) is 5.75 Å². The minimum absolute atomic E-state index is 0.163. The molecule has 3 aromatic rings. The van der Waals surface area contributed by atoms with Gasteiger partial charge in [-0.25, -0.2) is 4.79 Å². The number of ether oxygens (including phenoxy) is 2. The molecular weight excluding hydrogens is 554 g/mol. The van der Waals surface area contributed by atoms with Gasteiger partial charge in [-0.1, -0.05) is 54.1 Å². The molecule has 180 valence electrons. The summed E-state index contributed by atoms with van der Waals surface area (Å²) < 4.78 is 11.6. The first-order chi connectivity index (χ1) is 16.8. The Labute approximate surface area is 220 Å². The van der Waals surface area contributed by atoms with E-state index in [1.807, 2.05) is 42.5 Å². The molecule has 0 saturated carbocycles. The monoisotopic (exact) mass is 573 g/mol. The smallest absolute Gasteiger partial charge is 0.329 e. The van der Waals surface area contributed by atoms with Crippen LogP contribution in [-0.2, 0) is 20.9 Å². The highest BCUT2D eigenvalue weighted by molar-refractivity contribution is 9.10. The lowest BCUT2D eigenvalue weighted by atomic mass is 10.1. The van der Waals surface area contributed by atoms with Gasteiger partial charge in [0.25, 0.3) is 11.1 Å². The van der Waals surface area contributed by atoms with Crippen LogP contribution in [-0.4, -0.2) is 34.7 Å². The Balaban J connectivity index is 1.53. The molecule has 1 aliphatic heterocycles. The zero-order valence-corrected chi connectivity index (χ0v) is 22.1. The maximum absolute atomic E-state index is 12.8. The van der Waals surface area contributed by atoms with E-state index in [4.69, 9.17) is 21.1 Å². The quantitative estimate of drug-likeness (QED) is 0.228. The average Bonchev–Trinajstić information content (AvgIpc) is 3.10. The average molecular weight is 575 g/mol. The number of hydrogen-bond donors (Lipinski definition) is 0. The van der Waals surface area contributed by atoms with E-state index >= 15 is 0 Å². The predicted molar refractivity (Wildman–Crippen MR) is 141 cm³/mol. The highest BCUT2D eigenvalue weighted by Gasteiger charge is 2.41. The summed E-state index contributed by atoms with van der Waals surface area (Å²) in [5, 5.41) is 2.05. The molecule has 1 aliphatic rings. The largest absolute Gasteiger partial charge is 0.486 e. The van der Waals surface area contributed by atoms with E-state index in [1.165, 1.54) is 6.92 Å². The second-order valence-corrected chi connectivity index (χ2v) is 9.98. The number of nitrogens with zero attached hydrogens (tertiary/aromatic N) is 1. The molecule has 0 N–H and O–H groups in total. The second kappa shape index (κ2) is 10.8. The molecule has 3 aromatic carbocycles. The third-order valence-corrected chi connectivity index (χ3v) is 7.16. The lowest BCUT2D eigenvalue weighted by Crippen LogP contribution is -2.42. The van der Waals surface area contributed by atoms with Gasteiger partial charge in [-0.3, -0.25) is 14.5 Å². The summed E-state index contributed by atoms with van der Waals surface area (Å²) >= 11 is 10.8. The zero-order valence-electron chi connectivity index (χ0n) is 18.9. The van der Waals surface area contributed by atoms with Crippen LogP contribution >= 0.6 is 39.3 Å². The molecule has 4 rings (SSSR count). The van der Waals surface area contributed by atoms with Crippen LogP contribution in [0.1, 0.15) is 25.0 Å². The van der Waals surface area contributed by atoms with E-state index in [0.29, 0.717) is 27.4 Å². The number of fused-ring (bicyclic) bond motifs is 1. The molecular formula is C26H21BrClNO5S. The summed E-state index contributed by atoms with van der Waals surface area (Å²) in [4.78, 5) is 38.3. The first kappa shape index (κ1) is 25.3. The third kappa shape index (κ3) is 5.39. The van der Waals surface area contributed by atoms with E-state index in [1.54, 1.807) is 25.1 Å². The van der Waals surface area contributed by atoms with Gasteiger partial charge in [-0.2, -0.15) is 0 Å². The molecule has 1 atom stereocenters. The Kier molecular flexibility index (Phi) is 7.84. The van der Waals surface area contributed by atoms with Gasteiger partial charge in [0.05, 0.1) is 21.0 Å². The maximum atomic E-state index is 12.8. The van der Waals surface area contributed by atoms with Gasteiger partial charge in [0.15, 0.2) is 5.75 Å². The summed E-state index contributed by atoms with van der Waals surface area (Å²) in [6, 6.07) is 16.5. The van der Waals surface area contributed by atoms with Crippen molar-refractivity contribution >= 4 is 73.3 Å². The topological polar surface area (TPSA) is 72.9 Å². The van der Waals surface area contributed by atoms with Crippen molar-refractivity contribution in [1.82, 2.24) is 4.90 Å². The Morgan fingerprint density at radius 3 is 2.66 bits per heavy atom. The maximum Gasteiger partial charge on any atom is 0.329 e. The predicted octanol–water partition coefficient (Wildman–Crippen LogP) is 6.82. The van der Waals surface area contributed by atoms with Crippen molar-refractivity contribution in [3.63, 3.8) is 0 Å². The fraction of sp³-hybridized carbons (Fsp3) is 0.192. The zero-order chi connectivity index (χ0) is 25.1. The van der Waals surface area contributed by atoms with Gasteiger partial charge in [-0.15, -0.1) is 0 Å². The molecule has 9 heteroatoms. The molecule has 35 heavy (non-hydrogen) atoms. The third-order valence-electron chi connectivity index (χ3n) is 5.41. The first-order valence-corrected chi connectivity index (χ1v) is 12.8. The van der Waals surface area contributed by atoms with Gasteiger partial charge in [-0.05, 0) is 81.6 Å². The van der Waals surface area contributed by atoms with Crippen molar-refractivity contribution < 1.29 is 23.9 Å². The Bertz CT molecular complexity index is 1330. The highest BCUT2D eigenvalue weighted by Crippen LogP contribution is 2.38. The number of hydrogen-bond acceptors (Lipinski definition) is 6. The lowest BCUT2D eigenvalue weighted by Gasteiger charge is -2.19. The number of thioether (sulfide) groups is 1. The summed E-state index contributed by atoms with van der Waals surface area (Å²) in [7, 11) is 0. The summed E-state index contributed by atoms with van der Waals surface area (Å²) in [6.07, 6.45) is 1.56. The number of imide groups is 1. The van der Waals surface area contributed by atoms with Crippen LogP contribution in [0.2, 0.25) is 5.02 Å². The van der Waals surface area contributed by atoms with Crippen LogP contribution in [0.25, 0.3) is 16.8 Å². The van der Waals surface area contributed by atoms with Crippen molar-refractivity contribution in [2.75, 3.05) is 6.61 Å². The van der Waals surface area contributed by atoms with Gasteiger partial charge in [0, 0.05) is 0 Å². The van der Waals surface area contributed by atoms with Crippen LogP contribution in [0, 0.1) is 0 Å². The highest BCUT2D eigenvalue weighted by atomic mass is 79.9. The molecule has 1 heterocycles. The molecule has 0 aromatic heterocycles. The minimum Gasteiger partial charge on any atom is -0.486 e. The number of rotatable bonds is 7. The Morgan fingerprint density at radius 2 is 1.91 bits per heavy atom. The van der Waals surface area contributed by atoms with Gasteiger partial charge in [0.1, 0.15) is 12.6 Å². The van der Waals surface area contributed by atoms with Gasteiger partial charge >= 0.3 is 5.97 Å². The normalized spacial score (nSPS) is 15.7. The van der Waals surface area contributed by atoms with E-state index < -0.39 is 23.2 Å². The molecule has 0 bridgehead atoms. The summed E-state index contributed by atoms with van der Waals surface area (Å²) in [6.45, 7) is 3.61.